The predicted octanol–water partition coefficient (Wildman–Crippen LogP) is 2.55. The van der Waals surface area contributed by atoms with Gasteiger partial charge >= 0.3 is 0 Å². The molecule has 0 bridgehead atoms. The second-order valence-corrected chi connectivity index (χ2v) is 6.08. The number of primary amides is 1. The highest BCUT2D eigenvalue weighted by Gasteiger charge is 2.24. The van der Waals surface area contributed by atoms with Crippen LogP contribution in [0.3, 0.4) is 0 Å². The van der Waals surface area contributed by atoms with Crippen LogP contribution < -0.4 is 5.73 Å². The lowest BCUT2D eigenvalue weighted by molar-refractivity contribution is -0.119. The van der Waals surface area contributed by atoms with Crippen LogP contribution in [0.2, 0.25) is 0 Å². The topological polar surface area (TPSA) is 70.1 Å². The van der Waals surface area contributed by atoms with Gasteiger partial charge < -0.3 is 5.73 Å². The third-order valence-corrected chi connectivity index (χ3v) is 4.49. The summed E-state index contributed by atoms with van der Waals surface area (Å²) in [5.74, 6) is -0.290. The number of nitrogens with two attached hydrogens (primary N) is 1. The van der Waals surface area contributed by atoms with E-state index in [9.17, 15) is 4.79 Å². The van der Waals surface area contributed by atoms with Gasteiger partial charge in [0.15, 0.2) is 0 Å². The Labute approximate surface area is 127 Å². The van der Waals surface area contributed by atoms with Gasteiger partial charge in [0.2, 0.25) is 5.91 Å². The minimum Gasteiger partial charge on any atom is -0.369 e. The first kappa shape index (κ1) is 15.0. The SMILES string of the molecule is N#Cc1ccc(CN(CC(N)=O)C2CCCC2)c(Br)c1. The fraction of sp³-hybridized carbons (Fsp3) is 0.467. The standard InChI is InChI=1S/C15H18BrN3O/c16-14-7-11(8-17)5-6-12(14)9-19(10-15(18)20)13-3-1-2-4-13/h5-7,13H,1-4,9-10H2,(H2,18,20). The largest absolute Gasteiger partial charge is 0.369 e. The molecule has 0 aliphatic heterocycles. The van der Waals surface area contributed by atoms with Gasteiger partial charge in [-0.2, -0.15) is 5.26 Å². The zero-order chi connectivity index (χ0) is 14.5. The number of nitrogens with zero attached hydrogens (tertiary/aromatic N) is 2. The van der Waals surface area contributed by atoms with Crippen molar-refractivity contribution in [3.63, 3.8) is 0 Å². The van der Waals surface area contributed by atoms with E-state index in [1.54, 1.807) is 6.07 Å². The van der Waals surface area contributed by atoms with Crippen molar-refractivity contribution in [3.05, 3.63) is 33.8 Å². The van der Waals surface area contributed by atoms with Gasteiger partial charge in [-0.1, -0.05) is 34.8 Å². The molecule has 2 rings (SSSR count). The molecule has 1 saturated carbocycles. The number of nitriles is 1. The molecule has 0 radical (unpaired) electrons. The molecule has 1 amide bonds. The normalized spacial score (nSPS) is 15.4. The molecule has 1 fully saturated rings. The summed E-state index contributed by atoms with van der Waals surface area (Å²) in [7, 11) is 0. The number of hydrogen-bond donors (Lipinski definition) is 1. The van der Waals surface area contributed by atoms with E-state index >= 15 is 0 Å². The average molecular weight is 336 g/mol. The number of carbonyl (C=O) groups excluding carboxylic acids is 1. The van der Waals surface area contributed by atoms with Crippen molar-refractivity contribution in [2.24, 2.45) is 5.73 Å². The van der Waals surface area contributed by atoms with Crippen molar-refractivity contribution in [2.45, 2.75) is 38.3 Å². The summed E-state index contributed by atoms with van der Waals surface area (Å²) >= 11 is 3.50. The number of rotatable bonds is 5. The summed E-state index contributed by atoms with van der Waals surface area (Å²) in [6.45, 7) is 0.969. The van der Waals surface area contributed by atoms with Crippen LogP contribution in [0.4, 0.5) is 0 Å². The third kappa shape index (κ3) is 3.81. The first-order chi connectivity index (χ1) is 9.60. The second-order valence-electron chi connectivity index (χ2n) is 5.23. The number of benzene rings is 1. The molecular formula is C15H18BrN3O. The van der Waals surface area contributed by atoms with Crippen LogP contribution in [-0.4, -0.2) is 23.4 Å². The molecule has 5 heteroatoms. The van der Waals surface area contributed by atoms with E-state index in [1.807, 2.05) is 12.1 Å². The fourth-order valence-electron chi connectivity index (χ4n) is 2.75. The smallest absolute Gasteiger partial charge is 0.231 e. The van der Waals surface area contributed by atoms with Crippen LogP contribution in [0.15, 0.2) is 22.7 Å². The van der Waals surface area contributed by atoms with E-state index in [0.717, 1.165) is 22.9 Å². The van der Waals surface area contributed by atoms with E-state index < -0.39 is 0 Å². The summed E-state index contributed by atoms with van der Waals surface area (Å²) in [6, 6.07) is 8.10. The van der Waals surface area contributed by atoms with Crippen molar-refractivity contribution in [1.29, 1.82) is 5.26 Å². The zero-order valence-corrected chi connectivity index (χ0v) is 12.9. The van der Waals surface area contributed by atoms with Gasteiger partial charge in [-0.05, 0) is 30.5 Å². The number of halogens is 1. The van der Waals surface area contributed by atoms with Crippen molar-refractivity contribution in [2.75, 3.05) is 6.54 Å². The Morgan fingerprint density at radius 2 is 2.15 bits per heavy atom. The summed E-state index contributed by atoms with van der Waals surface area (Å²) in [4.78, 5) is 13.4. The van der Waals surface area contributed by atoms with Crippen molar-refractivity contribution in [1.82, 2.24) is 4.90 Å². The highest BCUT2D eigenvalue weighted by molar-refractivity contribution is 9.10. The maximum Gasteiger partial charge on any atom is 0.231 e. The Balaban J connectivity index is 2.14. The summed E-state index contributed by atoms with van der Waals surface area (Å²) in [5, 5.41) is 8.88. The van der Waals surface area contributed by atoms with Crippen molar-refractivity contribution >= 4 is 21.8 Å². The van der Waals surface area contributed by atoms with Gasteiger partial charge in [0.05, 0.1) is 18.2 Å². The van der Waals surface area contributed by atoms with Gasteiger partial charge in [0.1, 0.15) is 0 Å². The minimum atomic E-state index is -0.290. The van der Waals surface area contributed by atoms with Crippen LogP contribution in [0.25, 0.3) is 0 Å². The molecule has 1 aliphatic carbocycles. The van der Waals surface area contributed by atoms with Crippen LogP contribution in [0.5, 0.6) is 0 Å². The molecule has 106 valence electrons. The molecule has 20 heavy (non-hydrogen) atoms. The second kappa shape index (κ2) is 6.87. The molecule has 0 aromatic heterocycles. The number of hydrogen-bond acceptors (Lipinski definition) is 3. The van der Waals surface area contributed by atoms with Gasteiger partial charge in [0.25, 0.3) is 0 Å². The van der Waals surface area contributed by atoms with Gasteiger partial charge in [0, 0.05) is 17.1 Å². The molecule has 0 saturated heterocycles. The van der Waals surface area contributed by atoms with E-state index in [2.05, 4.69) is 26.9 Å². The maximum atomic E-state index is 11.3. The molecule has 0 spiro atoms. The van der Waals surface area contributed by atoms with Gasteiger partial charge in [-0.25, -0.2) is 0 Å². The predicted molar refractivity (Wildman–Crippen MR) is 80.7 cm³/mol. The van der Waals surface area contributed by atoms with E-state index in [4.69, 9.17) is 11.0 Å². The molecule has 1 aliphatic rings. The van der Waals surface area contributed by atoms with E-state index in [-0.39, 0.29) is 12.5 Å². The van der Waals surface area contributed by atoms with Crippen LogP contribution >= 0.6 is 15.9 Å². The van der Waals surface area contributed by atoms with Gasteiger partial charge in [-0.15, -0.1) is 0 Å². The van der Waals surface area contributed by atoms with Gasteiger partial charge in [-0.3, -0.25) is 9.69 Å². The first-order valence-electron chi connectivity index (χ1n) is 6.81. The monoisotopic (exact) mass is 335 g/mol. The third-order valence-electron chi connectivity index (χ3n) is 3.76. The lowest BCUT2D eigenvalue weighted by atomic mass is 10.1. The molecule has 1 aromatic carbocycles. The molecule has 4 nitrogen and oxygen atoms in total. The molecule has 1 aromatic rings. The average Bonchev–Trinajstić information content (AvgIpc) is 2.93. The molecular weight excluding hydrogens is 318 g/mol. The molecule has 2 N–H and O–H groups in total. The summed E-state index contributed by atoms with van der Waals surface area (Å²) in [6.07, 6.45) is 4.69. The van der Waals surface area contributed by atoms with Crippen LogP contribution in [-0.2, 0) is 11.3 Å². The number of amides is 1. The Morgan fingerprint density at radius 3 is 2.70 bits per heavy atom. The summed E-state index contributed by atoms with van der Waals surface area (Å²) in [5.41, 5.74) is 7.07. The molecule has 0 heterocycles. The highest BCUT2D eigenvalue weighted by atomic mass is 79.9. The quantitative estimate of drug-likeness (QED) is 0.898. The fourth-order valence-corrected chi connectivity index (χ4v) is 3.25. The Hall–Kier alpha value is -1.38. The number of carbonyl (C=O) groups is 1. The van der Waals surface area contributed by atoms with Crippen molar-refractivity contribution < 1.29 is 4.79 Å². The lowest BCUT2D eigenvalue weighted by Crippen LogP contribution is -2.39. The van der Waals surface area contributed by atoms with Crippen LogP contribution in [0, 0.1) is 11.3 Å². The Bertz CT molecular complexity index is 532. The molecule has 0 atom stereocenters. The highest BCUT2D eigenvalue weighted by Crippen LogP contribution is 2.27. The molecule has 0 unspecified atom stereocenters. The summed E-state index contributed by atoms with van der Waals surface area (Å²) < 4.78 is 0.906. The Morgan fingerprint density at radius 1 is 1.45 bits per heavy atom. The Kier molecular flexibility index (Phi) is 5.16. The zero-order valence-electron chi connectivity index (χ0n) is 11.3. The van der Waals surface area contributed by atoms with Crippen molar-refractivity contribution in [3.8, 4) is 6.07 Å². The van der Waals surface area contributed by atoms with E-state index in [0.29, 0.717) is 18.2 Å². The van der Waals surface area contributed by atoms with Crippen LogP contribution in [0.1, 0.15) is 36.8 Å². The maximum absolute atomic E-state index is 11.3. The first-order valence-corrected chi connectivity index (χ1v) is 7.60. The minimum absolute atomic E-state index is 0.289. The van der Waals surface area contributed by atoms with E-state index in [1.165, 1.54) is 12.8 Å². The lowest BCUT2D eigenvalue weighted by Gasteiger charge is -2.28.